The lowest BCUT2D eigenvalue weighted by atomic mass is 9.93. The summed E-state index contributed by atoms with van der Waals surface area (Å²) in [6.45, 7) is 3.51. The molecule has 120 valence electrons. The average Bonchev–Trinajstić information content (AvgIpc) is 3.01. The van der Waals surface area contributed by atoms with Gasteiger partial charge in [0.1, 0.15) is 0 Å². The average molecular weight is 311 g/mol. The highest BCUT2D eigenvalue weighted by Gasteiger charge is 2.24. The molecule has 1 amide bonds. The van der Waals surface area contributed by atoms with E-state index < -0.39 is 0 Å². The van der Waals surface area contributed by atoms with Crippen LogP contribution in [0.4, 0.5) is 5.88 Å². The number of anilines is 1. The van der Waals surface area contributed by atoms with Crippen LogP contribution in [-0.4, -0.2) is 29.1 Å². The molecule has 1 fully saturated rings. The van der Waals surface area contributed by atoms with Crippen LogP contribution < -0.4 is 5.73 Å². The van der Waals surface area contributed by atoms with Crippen molar-refractivity contribution >= 4 is 17.9 Å². The lowest BCUT2D eigenvalue weighted by Gasteiger charge is -2.30. The number of carbonyl (C=O) groups excluding carboxylic acids is 1. The molecule has 2 heterocycles. The summed E-state index contributed by atoms with van der Waals surface area (Å²) in [5, 5.41) is 3.97. The maximum atomic E-state index is 12.3. The Morgan fingerprint density at radius 2 is 2.00 bits per heavy atom. The number of piperidine rings is 1. The number of aromatic nitrogens is 1. The first-order valence-corrected chi connectivity index (χ1v) is 7.87. The lowest BCUT2D eigenvalue weighted by Crippen LogP contribution is -2.36. The van der Waals surface area contributed by atoms with E-state index in [4.69, 9.17) is 10.3 Å². The van der Waals surface area contributed by atoms with Gasteiger partial charge in [-0.15, -0.1) is 0 Å². The fraction of sp³-hybridized carbons (Fsp3) is 0.333. The van der Waals surface area contributed by atoms with Crippen LogP contribution in [0, 0.1) is 6.92 Å². The molecule has 0 spiro atoms. The zero-order chi connectivity index (χ0) is 16.2. The zero-order valence-corrected chi connectivity index (χ0v) is 13.2. The van der Waals surface area contributed by atoms with Gasteiger partial charge in [0.2, 0.25) is 11.8 Å². The van der Waals surface area contributed by atoms with Gasteiger partial charge in [-0.1, -0.05) is 35.0 Å². The summed E-state index contributed by atoms with van der Waals surface area (Å²) in [5.41, 5.74) is 8.71. The predicted molar refractivity (Wildman–Crippen MR) is 89.7 cm³/mol. The van der Waals surface area contributed by atoms with Crippen LogP contribution in [-0.2, 0) is 4.79 Å². The standard InChI is InChI=1S/C18H21N3O2/c1-13-2-4-14(5-3-13)6-7-18(22)21-10-8-15(9-11-21)16-12-17(19)23-20-16/h2-7,12,15H,8-11,19H2,1H3/b7-6+. The SMILES string of the molecule is Cc1ccc(/C=C/C(=O)N2CCC(c3cc(N)on3)CC2)cc1. The van der Waals surface area contributed by atoms with E-state index in [1.54, 1.807) is 12.1 Å². The van der Waals surface area contributed by atoms with E-state index in [2.05, 4.69) is 5.16 Å². The van der Waals surface area contributed by atoms with Crippen molar-refractivity contribution in [3.8, 4) is 0 Å². The number of benzene rings is 1. The highest BCUT2D eigenvalue weighted by Crippen LogP contribution is 2.28. The van der Waals surface area contributed by atoms with Gasteiger partial charge in [0, 0.05) is 31.1 Å². The van der Waals surface area contributed by atoms with Gasteiger partial charge in [-0.25, -0.2) is 0 Å². The molecule has 5 heteroatoms. The van der Waals surface area contributed by atoms with E-state index in [-0.39, 0.29) is 5.91 Å². The minimum atomic E-state index is 0.0590. The summed E-state index contributed by atoms with van der Waals surface area (Å²) < 4.78 is 4.92. The fourth-order valence-corrected chi connectivity index (χ4v) is 2.84. The van der Waals surface area contributed by atoms with Gasteiger partial charge in [0.25, 0.3) is 0 Å². The largest absolute Gasteiger partial charge is 0.368 e. The molecule has 1 aromatic carbocycles. The van der Waals surface area contributed by atoms with Crippen LogP contribution in [0.5, 0.6) is 0 Å². The monoisotopic (exact) mass is 311 g/mol. The molecule has 3 rings (SSSR count). The first-order valence-electron chi connectivity index (χ1n) is 7.87. The Bertz CT molecular complexity index is 695. The van der Waals surface area contributed by atoms with Crippen molar-refractivity contribution in [2.45, 2.75) is 25.7 Å². The Morgan fingerprint density at radius 3 is 2.61 bits per heavy atom. The maximum Gasteiger partial charge on any atom is 0.246 e. The number of nitrogen functional groups attached to an aromatic ring is 1. The molecule has 23 heavy (non-hydrogen) atoms. The molecule has 1 aliphatic heterocycles. The van der Waals surface area contributed by atoms with Gasteiger partial charge in [0.15, 0.2) is 0 Å². The van der Waals surface area contributed by atoms with Gasteiger partial charge in [0.05, 0.1) is 5.69 Å². The third-order valence-corrected chi connectivity index (χ3v) is 4.27. The number of rotatable bonds is 3. The molecular weight excluding hydrogens is 290 g/mol. The van der Waals surface area contributed by atoms with Crippen molar-refractivity contribution in [3.05, 3.63) is 53.2 Å². The normalized spacial score (nSPS) is 16.1. The van der Waals surface area contributed by atoms with Crippen LogP contribution in [0.2, 0.25) is 0 Å². The van der Waals surface area contributed by atoms with Crippen molar-refractivity contribution in [3.63, 3.8) is 0 Å². The van der Waals surface area contributed by atoms with Gasteiger partial charge in [-0.3, -0.25) is 4.79 Å². The number of hydrogen-bond donors (Lipinski definition) is 1. The number of likely N-dealkylation sites (tertiary alicyclic amines) is 1. The molecule has 0 radical (unpaired) electrons. The Balaban J connectivity index is 1.54. The van der Waals surface area contributed by atoms with Crippen molar-refractivity contribution < 1.29 is 9.32 Å². The second kappa shape index (κ2) is 6.69. The minimum Gasteiger partial charge on any atom is -0.368 e. The molecule has 1 aliphatic rings. The molecule has 0 atom stereocenters. The third kappa shape index (κ3) is 3.80. The lowest BCUT2D eigenvalue weighted by molar-refractivity contribution is -0.126. The number of carbonyl (C=O) groups is 1. The summed E-state index contributed by atoms with van der Waals surface area (Å²) >= 11 is 0. The van der Waals surface area contributed by atoms with Crippen LogP contribution in [0.15, 0.2) is 40.9 Å². The maximum absolute atomic E-state index is 12.3. The molecule has 0 bridgehead atoms. The number of nitrogens with zero attached hydrogens (tertiary/aromatic N) is 2. The molecule has 2 N–H and O–H groups in total. The van der Waals surface area contributed by atoms with E-state index in [0.717, 1.165) is 37.2 Å². The molecule has 0 aliphatic carbocycles. The third-order valence-electron chi connectivity index (χ3n) is 4.27. The molecule has 2 aromatic rings. The second-order valence-electron chi connectivity index (χ2n) is 6.00. The van der Waals surface area contributed by atoms with Gasteiger partial charge in [-0.2, -0.15) is 0 Å². The van der Waals surface area contributed by atoms with E-state index in [1.807, 2.05) is 42.2 Å². The summed E-state index contributed by atoms with van der Waals surface area (Å²) in [5.74, 6) is 0.726. The van der Waals surface area contributed by atoms with E-state index >= 15 is 0 Å². The summed E-state index contributed by atoms with van der Waals surface area (Å²) in [6.07, 6.45) is 5.29. The van der Waals surface area contributed by atoms with Crippen molar-refractivity contribution in [2.24, 2.45) is 0 Å². The van der Waals surface area contributed by atoms with Crippen molar-refractivity contribution in [1.82, 2.24) is 10.1 Å². The first kappa shape index (κ1) is 15.3. The number of amides is 1. The Kier molecular flexibility index (Phi) is 4.46. The smallest absolute Gasteiger partial charge is 0.246 e. The topological polar surface area (TPSA) is 72.4 Å². The molecule has 1 aromatic heterocycles. The van der Waals surface area contributed by atoms with Crippen LogP contribution in [0.25, 0.3) is 6.08 Å². The van der Waals surface area contributed by atoms with Gasteiger partial charge in [-0.05, 0) is 31.4 Å². The van der Waals surface area contributed by atoms with Crippen LogP contribution in [0.1, 0.15) is 35.6 Å². The molecule has 1 saturated heterocycles. The van der Waals surface area contributed by atoms with Crippen molar-refractivity contribution in [2.75, 3.05) is 18.8 Å². The van der Waals surface area contributed by atoms with Gasteiger partial charge >= 0.3 is 0 Å². The second-order valence-corrected chi connectivity index (χ2v) is 6.00. The fourth-order valence-electron chi connectivity index (χ4n) is 2.84. The summed E-state index contributed by atoms with van der Waals surface area (Å²) in [6, 6.07) is 9.89. The van der Waals surface area contributed by atoms with Crippen LogP contribution in [0.3, 0.4) is 0 Å². The number of hydrogen-bond acceptors (Lipinski definition) is 4. The first-order chi connectivity index (χ1) is 11.1. The highest BCUT2D eigenvalue weighted by atomic mass is 16.5. The van der Waals surface area contributed by atoms with Gasteiger partial charge < -0.3 is 15.2 Å². The van der Waals surface area contributed by atoms with Crippen LogP contribution >= 0.6 is 0 Å². The molecule has 0 saturated carbocycles. The summed E-state index contributed by atoms with van der Waals surface area (Å²) in [7, 11) is 0. The Labute approximate surface area is 135 Å². The van der Waals surface area contributed by atoms with E-state index in [1.165, 1.54) is 5.56 Å². The minimum absolute atomic E-state index is 0.0590. The quantitative estimate of drug-likeness (QED) is 0.885. The number of aryl methyl sites for hydroxylation is 1. The Morgan fingerprint density at radius 1 is 1.30 bits per heavy atom. The zero-order valence-electron chi connectivity index (χ0n) is 13.2. The van der Waals surface area contributed by atoms with E-state index in [9.17, 15) is 4.79 Å². The predicted octanol–water partition coefficient (Wildman–Crippen LogP) is 2.98. The highest BCUT2D eigenvalue weighted by molar-refractivity contribution is 5.91. The molecule has 0 unspecified atom stereocenters. The molecular formula is C18H21N3O2. The van der Waals surface area contributed by atoms with E-state index in [0.29, 0.717) is 11.8 Å². The Hall–Kier alpha value is -2.56. The molecule has 5 nitrogen and oxygen atoms in total. The summed E-state index contributed by atoms with van der Waals surface area (Å²) in [4.78, 5) is 14.2. The number of nitrogens with two attached hydrogens (primary N) is 1. The van der Waals surface area contributed by atoms with Crippen molar-refractivity contribution in [1.29, 1.82) is 0 Å².